The molecule has 0 aliphatic rings. The third-order valence-electron chi connectivity index (χ3n) is 3.72. The number of benzene rings is 2. The average molecular weight is 350 g/mol. The van der Waals surface area contributed by atoms with Gasteiger partial charge in [0.1, 0.15) is 0 Å². The minimum Gasteiger partial charge on any atom is -0.481 e. The third-order valence-corrected chi connectivity index (χ3v) is 4.64. The number of nitrogens with zero attached hydrogens (tertiary/aromatic N) is 4. The Hall–Kier alpha value is -2.93. The van der Waals surface area contributed by atoms with Crippen molar-refractivity contribution in [1.82, 2.24) is 19.6 Å². The van der Waals surface area contributed by atoms with Crippen LogP contribution in [0.15, 0.2) is 59.8 Å². The Labute approximate surface area is 147 Å². The number of carbonyl (C=O) groups is 1. The first-order valence-electron chi connectivity index (χ1n) is 7.73. The molecule has 0 spiro atoms. The van der Waals surface area contributed by atoms with E-state index in [-0.39, 0.29) is 5.75 Å². The predicted molar refractivity (Wildman–Crippen MR) is 95.9 cm³/mol. The third kappa shape index (κ3) is 3.18. The Morgan fingerprint density at radius 3 is 2.60 bits per heavy atom. The number of rotatable bonds is 5. The number of hydrogen-bond acceptors (Lipinski definition) is 5. The lowest BCUT2D eigenvalue weighted by atomic mass is 10.1. The fourth-order valence-corrected chi connectivity index (χ4v) is 3.31. The smallest absolute Gasteiger partial charge is 0.313 e. The molecule has 7 heteroatoms. The molecular weight excluding hydrogens is 336 g/mol. The first kappa shape index (κ1) is 15.6. The van der Waals surface area contributed by atoms with Crippen molar-refractivity contribution < 1.29 is 9.90 Å². The van der Waals surface area contributed by atoms with E-state index in [1.54, 1.807) is 4.52 Å². The van der Waals surface area contributed by atoms with Crippen molar-refractivity contribution in [3.63, 3.8) is 0 Å². The van der Waals surface area contributed by atoms with Crippen LogP contribution in [-0.2, 0) is 11.2 Å². The minimum absolute atomic E-state index is 0.0751. The number of para-hydroxylation sites is 1. The van der Waals surface area contributed by atoms with Crippen LogP contribution in [0.25, 0.3) is 16.6 Å². The van der Waals surface area contributed by atoms with Crippen LogP contribution in [0.2, 0.25) is 0 Å². The molecule has 4 aromatic rings. The fraction of sp³-hybridized carbons (Fsp3) is 0.111. The van der Waals surface area contributed by atoms with Gasteiger partial charge in [-0.2, -0.15) is 4.52 Å². The van der Waals surface area contributed by atoms with E-state index < -0.39 is 5.97 Å². The van der Waals surface area contributed by atoms with Gasteiger partial charge in [0, 0.05) is 11.8 Å². The summed E-state index contributed by atoms with van der Waals surface area (Å²) in [6.45, 7) is 0. The minimum atomic E-state index is -0.891. The SMILES string of the molecule is O=C(O)CSc1nc2ccccc2c2nc(Cc3ccccc3)nn12. The topological polar surface area (TPSA) is 80.4 Å². The van der Waals surface area contributed by atoms with Crippen LogP contribution < -0.4 is 0 Å². The summed E-state index contributed by atoms with van der Waals surface area (Å²) in [5.74, 6) is -0.284. The molecule has 0 amide bonds. The largest absolute Gasteiger partial charge is 0.481 e. The van der Waals surface area contributed by atoms with Crippen molar-refractivity contribution in [3.8, 4) is 0 Å². The molecule has 0 unspecified atom stereocenters. The van der Waals surface area contributed by atoms with Gasteiger partial charge in [-0.15, -0.1) is 5.10 Å². The van der Waals surface area contributed by atoms with Gasteiger partial charge in [-0.3, -0.25) is 4.79 Å². The fourth-order valence-electron chi connectivity index (χ4n) is 2.65. The van der Waals surface area contributed by atoms with Crippen LogP contribution in [0.1, 0.15) is 11.4 Å². The summed E-state index contributed by atoms with van der Waals surface area (Å²) >= 11 is 1.14. The van der Waals surface area contributed by atoms with E-state index in [4.69, 9.17) is 5.11 Å². The van der Waals surface area contributed by atoms with E-state index in [9.17, 15) is 4.79 Å². The first-order valence-corrected chi connectivity index (χ1v) is 8.72. The average Bonchev–Trinajstić information content (AvgIpc) is 3.04. The molecule has 2 aromatic carbocycles. The Morgan fingerprint density at radius 1 is 1.04 bits per heavy atom. The van der Waals surface area contributed by atoms with Crippen LogP contribution in [0.4, 0.5) is 0 Å². The van der Waals surface area contributed by atoms with Crippen molar-refractivity contribution in [2.24, 2.45) is 0 Å². The normalized spacial score (nSPS) is 11.2. The highest BCUT2D eigenvalue weighted by Crippen LogP contribution is 2.24. The van der Waals surface area contributed by atoms with Crippen LogP contribution in [-0.4, -0.2) is 36.4 Å². The predicted octanol–water partition coefficient (Wildman–Crippen LogP) is 3.05. The van der Waals surface area contributed by atoms with Gasteiger partial charge in [0.2, 0.25) is 0 Å². The van der Waals surface area contributed by atoms with Crippen LogP contribution >= 0.6 is 11.8 Å². The lowest BCUT2D eigenvalue weighted by Gasteiger charge is -2.04. The molecule has 0 saturated carbocycles. The molecule has 0 saturated heterocycles. The second-order valence-electron chi connectivity index (χ2n) is 5.52. The van der Waals surface area contributed by atoms with Gasteiger partial charge in [-0.25, -0.2) is 9.97 Å². The number of aromatic nitrogens is 4. The number of hydrogen-bond donors (Lipinski definition) is 1. The number of aliphatic carboxylic acids is 1. The molecule has 2 heterocycles. The zero-order valence-corrected chi connectivity index (χ0v) is 14.0. The number of thioether (sulfide) groups is 1. The van der Waals surface area contributed by atoms with Gasteiger partial charge in [-0.1, -0.05) is 54.2 Å². The summed E-state index contributed by atoms with van der Waals surface area (Å²) < 4.78 is 1.65. The van der Waals surface area contributed by atoms with Gasteiger partial charge in [-0.05, 0) is 17.7 Å². The highest BCUT2D eigenvalue weighted by atomic mass is 32.2. The molecule has 124 valence electrons. The summed E-state index contributed by atoms with van der Waals surface area (Å²) in [6, 6.07) is 17.7. The first-order chi connectivity index (χ1) is 12.2. The monoisotopic (exact) mass is 350 g/mol. The molecule has 0 bridgehead atoms. The van der Waals surface area contributed by atoms with Crippen molar-refractivity contribution in [2.45, 2.75) is 11.6 Å². The van der Waals surface area contributed by atoms with Crippen molar-refractivity contribution in [1.29, 1.82) is 0 Å². The molecule has 1 N–H and O–H groups in total. The zero-order valence-electron chi connectivity index (χ0n) is 13.2. The van der Waals surface area contributed by atoms with E-state index in [1.165, 1.54) is 0 Å². The molecule has 0 aliphatic carbocycles. The van der Waals surface area contributed by atoms with E-state index in [0.29, 0.717) is 23.0 Å². The summed E-state index contributed by atoms with van der Waals surface area (Å²) in [6.07, 6.45) is 0.611. The van der Waals surface area contributed by atoms with E-state index in [2.05, 4.69) is 15.1 Å². The molecule has 0 aliphatic heterocycles. The van der Waals surface area contributed by atoms with Crippen molar-refractivity contribution in [3.05, 3.63) is 66.0 Å². The highest BCUT2D eigenvalue weighted by Gasteiger charge is 2.14. The molecule has 0 radical (unpaired) electrons. The second-order valence-corrected chi connectivity index (χ2v) is 6.46. The maximum atomic E-state index is 10.9. The standard InChI is InChI=1S/C18H14N4O2S/c23-16(24)11-25-18-19-14-9-5-4-8-13(14)17-20-15(21-22(17)18)10-12-6-2-1-3-7-12/h1-9H,10-11H2,(H,23,24). The Kier molecular flexibility index (Phi) is 4.07. The van der Waals surface area contributed by atoms with E-state index in [0.717, 1.165) is 28.2 Å². The van der Waals surface area contributed by atoms with Crippen molar-refractivity contribution in [2.75, 3.05) is 5.75 Å². The number of carboxylic acid groups (broad SMARTS) is 1. The second kappa shape index (κ2) is 6.52. The summed E-state index contributed by atoms with van der Waals surface area (Å²) in [7, 11) is 0. The van der Waals surface area contributed by atoms with Crippen LogP contribution in [0.5, 0.6) is 0 Å². The summed E-state index contributed by atoms with van der Waals surface area (Å²) in [5, 5.41) is 15.0. The van der Waals surface area contributed by atoms with Crippen molar-refractivity contribution >= 4 is 34.3 Å². The summed E-state index contributed by atoms with van der Waals surface area (Å²) in [4.78, 5) is 20.2. The number of carboxylic acids is 1. The van der Waals surface area contributed by atoms with Gasteiger partial charge in [0.15, 0.2) is 16.6 Å². The van der Waals surface area contributed by atoms with E-state index >= 15 is 0 Å². The van der Waals surface area contributed by atoms with Gasteiger partial charge in [0.05, 0.1) is 11.3 Å². The van der Waals surface area contributed by atoms with Crippen LogP contribution in [0.3, 0.4) is 0 Å². The zero-order chi connectivity index (χ0) is 17.2. The highest BCUT2D eigenvalue weighted by molar-refractivity contribution is 7.99. The molecule has 6 nitrogen and oxygen atoms in total. The molecule has 4 rings (SSSR count). The molecule has 2 aromatic heterocycles. The number of fused-ring (bicyclic) bond motifs is 3. The Balaban J connectivity index is 1.83. The van der Waals surface area contributed by atoms with Gasteiger partial charge < -0.3 is 5.11 Å². The molecular formula is C18H14N4O2S. The van der Waals surface area contributed by atoms with Gasteiger partial charge in [0.25, 0.3) is 0 Å². The molecule has 0 fully saturated rings. The quantitative estimate of drug-likeness (QED) is 0.440. The lowest BCUT2D eigenvalue weighted by Crippen LogP contribution is -2.03. The Bertz CT molecular complexity index is 1060. The van der Waals surface area contributed by atoms with Crippen LogP contribution in [0, 0.1) is 0 Å². The maximum absolute atomic E-state index is 10.9. The lowest BCUT2D eigenvalue weighted by molar-refractivity contribution is -0.133. The maximum Gasteiger partial charge on any atom is 0.313 e. The Morgan fingerprint density at radius 2 is 1.80 bits per heavy atom. The molecule has 25 heavy (non-hydrogen) atoms. The van der Waals surface area contributed by atoms with Gasteiger partial charge >= 0.3 is 5.97 Å². The van der Waals surface area contributed by atoms with E-state index in [1.807, 2.05) is 54.6 Å². The summed E-state index contributed by atoms with van der Waals surface area (Å²) in [5.41, 5.74) is 2.60. The molecule has 0 atom stereocenters.